The molecule has 0 unspecified atom stereocenters. The van der Waals surface area contributed by atoms with Crippen molar-refractivity contribution in [2.75, 3.05) is 18.5 Å². The molecule has 0 radical (unpaired) electrons. The van der Waals surface area contributed by atoms with Crippen molar-refractivity contribution < 1.29 is 28.7 Å². The number of esters is 1. The van der Waals surface area contributed by atoms with E-state index in [0.29, 0.717) is 11.4 Å². The van der Waals surface area contributed by atoms with Gasteiger partial charge >= 0.3 is 5.97 Å². The van der Waals surface area contributed by atoms with E-state index in [2.05, 4.69) is 16.0 Å². The van der Waals surface area contributed by atoms with Crippen molar-refractivity contribution >= 4 is 29.4 Å². The Hall–Kier alpha value is -3.10. The summed E-state index contributed by atoms with van der Waals surface area (Å²) in [5.74, 6) is -1.72. The molecular formula is C17H21N3O6. The van der Waals surface area contributed by atoms with Crippen molar-refractivity contribution in [1.82, 2.24) is 10.6 Å². The molecule has 1 aliphatic rings. The second-order valence-corrected chi connectivity index (χ2v) is 5.96. The second kappa shape index (κ2) is 8.84. The summed E-state index contributed by atoms with van der Waals surface area (Å²) in [5, 5.41) is 7.57. The number of rotatable bonds is 7. The van der Waals surface area contributed by atoms with E-state index in [0.717, 1.165) is 0 Å². The number of carbonyl (C=O) groups excluding carboxylic acids is 4. The first-order valence-electron chi connectivity index (χ1n) is 8.13. The highest BCUT2D eigenvalue weighted by Crippen LogP contribution is 2.29. The summed E-state index contributed by atoms with van der Waals surface area (Å²) in [4.78, 5) is 46.7. The Morgan fingerprint density at radius 2 is 1.96 bits per heavy atom. The normalized spacial score (nSPS) is 15.3. The van der Waals surface area contributed by atoms with Gasteiger partial charge in [-0.1, -0.05) is 12.1 Å². The second-order valence-electron chi connectivity index (χ2n) is 5.96. The molecule has 3 N–H and O–H groups in total. The van der Waals surface area contributed by atoms with Gasteiger partial charge in [-0.3, -0.25) is 19.2 Å². The van der Waals surface area contributed by atoms with Crippen molar-refractivity contribution in [3.05, 3.63) is 24.3 Å². The number of nitrogens with one attached hydrogen (secondary N) is 3. The van der Waals surface area contributed by atoms with Gasteiger partial charge in [0.2, 0.25) is 5.91 Å². The summed E-state index contributed by atoms with van der Waals surface area (Å²) >= 11 is 0. The van der Waals surface area contributed by atoms with Crippen molar-refractivity contribution in [2.24, 2.45) is 0 Å². The molecule has 0 saturated carbocycles. The Morgan fingerprint density at radius 3 is 2.69 bits per heavy atom. The van der Waals surface area contributed by atoms with Crippen LogP contribution in [0.5, 0.6) is 5.75 Å². The Labute approximate surface area is 150 Å². The highest BCUT2D eigenvalue weighted by atomic mass is 16.5. The van der Waals surface area contributed by atoms with Crippen LogP contribution >= 0.6 is 0 Å². The molecule has 1 atom stereocenters. The zero-order chi connectivity index (χ0) is 19.1. The first-order valence-corrected chi connectivity index (χ1v) is 8.13. The number of amides is 3. The molecular weight excluding hydrogens is 342 g/mol. The SMILES string of the molecule is CC(C)NC(=O)CNC(=O)COC(=O)C[C@H]1Oc2ccccc2NC1=O. The number of para-hydroxylation sites is 2. The standard InChI is InChI=1S/C17H21N3O6/c1-10(2)19-14(21)8-18-15(22)9-25-16(23)7-13-17(24)20-11-5-3-4-6-12(11)26-13/h3-6,10,13H,7-9H2,1-2H3,(H,18,22)(H,19,21)(H,20,24)/t13-/m1/s1. The van der Waals surface area contributed by atoms with Crippen LogP contribution in [0.15, 0.2) is 24.3 Å². The highest BCUT2D eigenvalue weighted by molar-refractivity contribution is 5.99. The molecule has 0 aromatic heterocycles. The van der Waals surface area contributed by atoms with Crippen molar-refractivity contribution in [3.8, 4) is 5.75 Å². The van der Waals surface area contributed by atoms with Crippen LogP contribution in [0.25, 0.3) is 0 Å². The van der Waals surface area contributed by atoms with Crippen molar-refractivity contribution in [3.63, 3.8) is 0 Å². The van der Waals surface area contributed by atoms with Crippen molar-refractivity contribution in [2.45, 2.75) is 32.4 Å². The fourth-order valence-corrected chi connectivity index (χ4v) is 2.19. The smallest absolute Gasteiger partial charge is 0.310 e. The summed E-state index contributed by atoms with van der Waals surface area (Å²) < 4.78 is 10.3. The van der Waals surface area contributed by atoms with Gasteiger partial charge in [-0.2, -0.15) is 0 Å². The van der Waals surface area contributed by atoms with Crippen LogP contribution in [0, 0.1) is 0 Å². The maximum absolute atomic E-state index is 11.9. The van der Waals surface area contributed by atoms with E-state index < -0.39 is 30.5 Å². The molecule has 0 saturated heterocycles. The summed E-state index contributed by atoms with van der Waals surface area (Å²) in [6.45, 7) is 2.84. The van der Waals surface area contributed by atoms with Crippen LogP contribution in [0.2, 0.25) is 0 Å². The van der Waals surface area contributed by atoms with Gasteiger partial charge in [0.05, 0.1) is 18.7 Å². The largest absolute Gasteiger partial charge is 0.478 e. The molecule has 1 aromatic rings. The molecule has 9 heteroatoms. The molecule has 2 rings (SSSR count). The van der Waals surface area contributed by atoms with E-state index in [1.807, 2.05) is 0 Å². The first kappa shape index (κ1) is 19.2. The summed E-state index contributed by atoms with van der Waals surface area (Å²) in [6.07, 6.45) is -1.36. The number of fused-ring (bicyclic) bond motifs is 1. The molecule has 1 aromatic carbocycles. The van der Waals surface area contributed by atoms with Crippen LogP contribution in [0.3, 0.4) is 0 Å². The Bertz CT molecular complexity index is 703. The number of hydrogen-bond donors (Lipinski definition) is 3. The molecule has 9 nitrogen and oxygen atoms in total. The fraction of sp³-hybridized carbons (Fsp3) is 0.412. The molecule has 140 valence electrons. The zero-order valence-corrected chi connectivity index (χ0v) is 14.5. The van der Waals surface area contributed by atoms with E-state index in [1.54, 1.807) is 38.1 Å². The van der Waals surface area contributed by atoms with E-state index in [4.69, 9.17) is 9.47 Å². The topological polar surface area (TPSA) is 123 Å². The van der Waals surface area contributed by atoms with Gasteiger partial charge in [-0.05, 0) is 26.0 Å². The monoisotopic (exact) mass is 363 g/mol. The van der Waals surface area contributed by atoms with Crippen LogP contribution in [-0.4, -0.2) is 49.0 Å². The van der Waals surface area contributed by atoms with Crippen LogP contribution < -0.4 is 20.7 Å². The van der Waals surface area contributed by atoms with Gasteiger partial charge in [0, 0.05) is 6.04 Å². The van der Waals surface area contributed by atoms with E-state index in [1.165, 1.54) is 0 Å². The predicted molar refractivity (Wildman–Crippen MR) is 91.4 cm³/mol. The minimum absolute atomic E-state index is 0.0380. The van der Waals surface area contributed by atoms with Crippen LogP contribution in [0.1, 0.15) is 20.3 Å². The maximum atomic E-state index is 11.9. The fourth-order valence-electron chi connectivity index (χ4n) is 2.19. The number of benzene rings is 1. The third-order valence-electron chi connectivity index (χ3n) is 3.32. The number of ether oxygens (including phenoxy) is 2. The molecule has 0 aliphatic carbocycles. The summed E-state index contributed by atoms with van der Waals surface area (Å²) in [7, 11) is 0. The lowest BCUT2D eigenvalue weighted by molar-refractivity contribution is -0.151. The average molecular weight is 363 g/mol. The van der Waals surface area contributed by atoms with Gasteiger partial charge in [-0.15, -0.1) is 0 Å². The lowest BCUT2D eigenvalue weighted by atomic mass is 10.1. The third kappa shape index (κ3) is 5.76. The maximum Gasteiger partial charge on any atom is 0.310 e. The molecule has 0 bridgehead atoms. The van der Waals surface area contributed by atoms with E-state index >= 15 is 0 Å². The summed E-state index contributed by atoms with van der Waals surface area (Å²) in [5.41, 5.74) is 0.529. The highest BCUT2D eigenvalue weighted by Gasteiger charge is 2.30. The minimum Gasteiger partial charge on any atom is -0.478 e. The Balaban J connectivity index is 1.73. The van der Waals surface area contributed by atoms with Crippen LogP contribution in [0.4, 0.5) is 5.69 Å². The molecule has 1 aliphatic heterocycles. The third-order valence-corrected chi connectivity index (χ3v) is 3.32. The zero-order valence-electron chi connectivity index (χ0n) is 14.5. The molecule has 0 spiro atoms. The van der Waals surface area contributed by atoms with Crippen LogP contribution in [-0.2, 0) is 23.9 Å². The molecule has 3 amide bonds. The van der Waals surface area contributed by atoms with Crippen molar-refractivity contribution in [1.29, 1.82) is 0 Å². The lowest BCUT2D eigenvalue weighted by Gasteiger charge is -2.25. The molecule has 26 heavy (non-hydrogen) atoms. The van der Waals surface area contributed by atoms with Gasteiger partial charge < -0.3 is 25.4 Å². The molecule has 1 heterocycles. The van der Waals surface area contributed by atoms with E-state index in [-0.39, 0.29) is 24.9 Å². The minimum atomic E-state index is -1.03. The van der Waals surface area contributed by atoms with E-state index in [9.17, 15) is 19.2 Å². The predicted octanol–water partition coefficient (Wildman–Crippen LogP) is -0.0398. The Kier molecular flexibility index (Phi) is 6.54. The number of hydrogen-bond acceptors (Lipinski definition) is 6. The van der Waals surface area contributed by atoms with Gasteiger partial charge in [0.1, 0.15) is 5.75 Å². The number of carbonyl (C=O) groups is 4. The van der Waals surface area contributed by atoms with Gasteiger partial charge in [0.15, 0.2) is 12.7 Å². The summed E-state index contributed by atoms with van der Waals surface area (Å²) in [6, 6.07) is 6.80. The average Bonchev–Trinajstić information content (AvgIpc) is 2.58. The Morgan fingerprint density at radius 1 is 1.23 bits per heavy atom. The first-order chi connectivity index (χ1) is 12.3. The quantitative estimate of drug-likeness (QED) is 0.584. The van der Waals surface area contributed by atoms with Gasteiger partial charge in [-0.25, -0.2) is 0 Å². The molecule has 0 fully saturated rings. The lowest BCUT2D eigenvalue weighted by Crippen LogP contribution is -2.41. The number of anilines is 1. The van der Waals surface area contributed by atoms with Gasteiger partial charge in [0.25, 0.3) is 11.8 Å².